The number of amides is 1. The van der Waals surface area contributed by atoms with E-state index in [0.29, 0.717) is 35.0 Å². The first-order valence-electron chi connectivity index (χ1n) is 11.0. The van der Waals surface area contributed by atoms with Gasteiger partial charge in [-0.05, 0) is 67.4 Å². The van der Waals surface area contributed by atoms with E-state index in [1.807, 2.05) is 50.2 Å². The Morgan fingerprint density at radius 1 is 1.17 bits per heavy atom. The Kier molecular flexibility index (Phi) is 7.34. The van der Waals surface area contributed by atoms with Crippen molar-refractivity contribution in [3.05, 3.63) is 82.6 Å². The minimum absolute atomic E-state index is 0.244. The van der Waals surface area contributed by atoms with Gasteiger partial charge in [0.25, 0.3) is 5.91 Å². The van der Waals surface area contributed by atoms with Crippen LogP contribution in [0.5, 0.6) is 11.5 Å². The Hall–Kier alpha value is -4.28. The summed E-state index contributed by atoms with van der Waals surface area (Å²) >= 11 is 6.50. The predicted molar refractivity (Wildman–Crippen MR) is 138 cm³/mol. The summed E-state index contributed by atoms with van der Waals surface area (Å²) < 4.78 is 11.4. The second-order valence-electron chi connectivity index (χ2n) is 7.74. The first-order chi connectivity index (χ1) is 17.0. The number of ether oxygens (including phenoxy) is 2. The van der Waals surface area contributed by atoms with Gasteiger partial charge >= 0.3 is 0 Å². The Morgan fingerprint density at radius 3 is 2.71 bits per heavy atom. The standard InChI is InChI=1S/C27H23ClN4O3/c1-3-34-24-14-18(12-19(15-29)27-31-22-10-9-17(2)11-23(22)32-27)13-21(28)26(24)35-16-25(33)30-20-7-5-4-6-8-20/h4-14H,3,16H2,1-2H3,(H,30,33)(H,31,32)/b19-12-. The van der Waals surface area contributed by atoms with Crippen molar-refractivity contribution in [1.82, 2.24) is 9.97 Å². The van der Waals surface area contributed by atoms with E-state index in [0.717, 1.165) is 16.6 Å². The smallest absolute Gasteiger partial charge is 0.262 e. The number of aromatic amines is 1. The highest BCUT2D eigenvalue weighted by Crippen LogP contribution is 2.37. The number of aromatic nitrogens is 2. The molecule has 1 aromatic heterocycles. The fourth-order valence-electron chi connectivity index (χ4n) is 3.50. The summed E-state index contributed by atoms with van der Waals surface area (Å²) in [7, 11) is 0. The molecule has 0 fully saturated rings. The molecule has 0 aliphatic carbocycles. The third kappa shape index (κ3) is 5.81. The number of nitrogens with zero attached hydrogens (tertiary/aromatic N) is 2. The van der Waals surface area contributed by atoms with E-state index in [9.17, 15) is 10.1 Å². The van der Waals surface area contributed by atoms with Crippen molar-refractivity contribution in [2.24, 2.45) is 0 Å². The fourth-order valence-corrected chi connectivity index (χ4v) is 3.78. The fraction of sp³-hybridized carbons (Fsp3) is 0.148. The Bertz CT molecular complexity index is 1440. The molecule has 0 atom stereocenters. The lowest BCUT2D eigenvalue weighted by molar-refractivity contribution is -0.118. The molecule has 176 valence electrons. The maximum absolute atomic E-state index is 12.3. The number of carbonyl (C=O) groups is 1. The van der Waals surface area contributed by atoms with Gasteiger partial charge in [-0.2, -0.15) is 5.26 Å². The minimum atomic E-state index is -0.328. The summed E-state index contributed by atoms with van der Waals surface area (Å²) in [5.41, 5.74) is 4.36. The lowest BCUT2D eigenvalue weighted by Crippen LogP contribution is -2.20. The van der Waals surface area contributed by atoms with Crippen molar-refractivity contribution < 1.29 is 14.3 Å². The van der Waals surface area contributed by atoms with Crippen LogP contribution in [-0.2, 0) is 4.79 Å². The van der Waals surface area contributed by atoms with E-state index in [1.54, 1.807) is 30.3 Å². The molecule has 0 saturated heterocycles. The number of halogens is 1. The quantitative estimate of drug-likeness (QED) is 0.297. The molecule has 0 radical (unpaired) electrons. The number of fused-ring (bicyclic) bond motifs is 1. The van der Waals surface area contributed by atoms with Crippen molar-refractivity contribution in [2.45, 2.75) is 13.8 Å². The molecule has 7 nitrogen and oxygen atoms in total. The molecule has 35 heavy (non-hydrogen) atoms. The number of nitriles is 1. The molecule has 0 unspecified atom stereocenters. The molecule has 0 bridgehead atoms. The summed E-state index contributed by atoms with van der Waals surface area (Å²) in [6, 6.07) is 20.5. The van der Waals surface area contributed by atoms with Crippen LogP contribution >= 0.6 is 11.6 Å². The second kappa shape index (κ2) is 10.8. The van der Waals surface area contributed by atoms with Crippen LogP contribution in [0, 0.1) is 18.3 Å². The van der Waals surface area contributed by atoms with Crippen molar-refractivity contribution in [2.75, 3.05) is 18.5 Å². The zero-order chi connectivity index (χ0) is 24.8. The van der Waals surface area contributed by atoms with Gasteiger partial charge in [0.15, 0.2) is 18.1 Å². The predicted octanol–water partition coefficient (Wildman–Crippen LogP) is 6.01. The van der Waals surface area contributed by atoms with Gasteiger partial charge < -0.3 is 19.8 Å². The monoisotopic (exact) mass is 486 g/mol. The maximum Gasteiger partial charge on any atom is 0.262 e. The minimum Gasteiger partial charge on any atom is -0.490 e. The zero-order valence-corrected chi connectivity index (χ0v) is 20.0. The summed E-state index contributed by atoms with van der Waals surface area (Å²) in [6.45, 7) is 3.95. The number of aryl methyl sites for hydroxylation is 1. The van der Waals surface area contributed by atoms with Crippen LogP contribution < -0.4 is 14.8 Å². The highest BCUT2D eigenvalue weighted by molar-refractivity contribution is 6.32. The maximum atomic E-state index is 12.3. The number of anilines is 1. The second-order valence-corrected chi connectivity index (χ2v) is 8.15. The van der Waals surface area contributed by atoms with Crippen molar-refractivity contribution in [3.8, 4) is 17.6 Å². The summed E-state index contributed by atoms with van der Waals surface area (Å²) in [5, 5.41) is 12.8. The van der Waals surface area contributed by atoms with Crippen LogP contribution in [0.4, 0.5) is 5.69 Å². The van der Waals surface area contributed by atoms with E-state index in [1.165, 1.54) is 0 Å². The van der Waals surface area contributed by atoms with Crippen LogP contribution in [0.15, 0.2) is 60.7 Å². The molecular formula is C27H23ClN4O3. The number of imidazole rings is 1. The van der Waals surface area contributed by atoms with Gasteiger partial charge in [0.05, 0.1) is 28.2 Å². The van der Waals surface area contributed by atoms with Gasteiger partial charge in [0, 0.05) is 5.69 Å². The van der Waals surface area contributed by atoms with Crippen molar-refractivity contribution in [1.29, 1.82) is 5.26 Å². The number of rotatable bonds is 8. The average molecular weight is 487 g/mol. The van der Waals surface area contributed by atoms with E-state index >= 15 is 0 Å². The summed E-state index contributed by atoms with van der Waals surface area (Å²) in [5.74, 6) is 0.758. The molecule has 3 aromatic carbocycles. The van der Waals surface area contributed by atoms with E-state index in [-0.39, 0.29) is 23.3 Å². The third-order valence-corrected chi connectivity index (χ3v) is 5.34. The van der Waals surface area contributed by atoms with Crippen LogP contribution in [0.3, 0.4) is 0 Å². The van der Waals surface area contributed by atoms with Gasteiger partial charge in [-0.1, -0.05) is 35.9 Å². The highest BCUT2D eigenvalue weighted by Gasteiger charge is 2.15. The number of allylic oxidation sites excluding steroid dienone is 1. The number of carbonyl (C=O) groups excluding carboxylic acids is 1. The molecule has 8 heteroatoms. The van der Waals surface area contributed by atoms with Crippen LogP contribution in [0.25, 0.3) is 22.7 Å². The van der Waals surface area contributed by atoms with Gasteiger partial charge in [-0.15, -0.1) is 0 Å². The number of hydrogen-bond donors (Lipinski definition) is 2. The van der Waals surface area contributed by atoms with E-state index in [2.05, 4.69) is 21.4 Å². The van der Waals surface area contributed by atoms with Gasteiger partial charge in [0.2, 0.25) is 0 Å². The van der Waals surface area contributed by atoms with E-state index < -0.39 is 0 Å². The number of nitrogens with one attached hydrogen (secondary N) is 2. The number of benzene rings is 3. The first kappa shape index (κ1) is 23.9. The summed E-state index contributed by atoms with van der Waals surface area (Å²) in [4.78, 5) is 20.0. The largest absolute Gasteiger partial charge is 0.490 e. The molecule has 0 spiro atoms. The van der Waals surface area contributed by atoms with Crippen molar-refractivity contribution >= 4 is 45.9 Å². The Labute approximate surface area is 208 Å². The van der Waals surface area contributed by atoms with Crippen LogP contribution in [0.1, 0.15) is 23.9 Å². The molecule has 0 saturated carbocycles. The molecular weight excluding hydrogens is 464 g/mol. The molecule has 1 heterocycles. The first-order valence-corrected chi connectivity index (χ1v) is 11.4. The highest BCUT2D eigenvalue weighted by atomic mass is 35.5. The molecule has 0 aliphatic rings. The molecule has 0 aliphatic heterocycles. The Morgan fingerprint density at radius 2 is 1.97 bits per heavy atom. The zero-order valence-electron chi connectivity index (χ0n) is 19.3. The van der Waals surface area contributed by atoms with Gasteiger partial charge in [0.1, 0.15) is 11.9 Å². The Balaban J connectivity index is 1.58. The molecule has 4 rings (SSSR count). The normalized spacial score (nSPS) is 11.2. The molecule has 2 N–H and O–H groups in total. The molecule has 1 amide bonds. The topological polar surface area (TPSA) is 100 Å². The van der Waals surface area contributed by atoms with Crippen LogP contribution in [-0.4, -0.2) is 29.1 Å². The number of para-hydroxylation sites is 1. The summed E-state index contributed by atoms with van der Waals surface area (Å²) in [6.07, 6.45) is 1.67. The molecule has 4 aromatic rings. The third-order valence-electron chi connectivity index (χ3n) is 5.06. The van der Waals surface area contributed by atoms with Crippen LogP contribution in [0.2, 0.25) is 5.02 Å². The van der Waals surface area contributed by atoms with Crippen molar-refractivity contribution in [3.63, 3.8) is 0 Å². The van der Waals surface area contributed by atoms with Gasteiger partial charge in [-0.25, -0.2) is 4.98 Å². The average Bonchev–Trinajstić information content (AvgIpc) is 3.26. The van der Waals surface area contributed by atoms with Gasteiger partial charge in [-0.3, -0.25) is 4.79 Å². The SMILES string of the molecule is CCOc1cc(/C=C(/C#N)c2nc3ccc(C)cc3[nH]2)cc(Cl)c1OCC(=O)Nc1ccccc1. The van der Waals surface area contributed by atoms with E-state index in [4.69, 9.17) is 21.1 Å². The number of hydrogen-bond acceptors (Lipinski definition) is 5. The number of H-pyrrole nitrogens is 1. The lowest BCUT2D eigenvalue weighted by Gasteiger charge is -2.14. The lowest BCUT2D eigenvalue weighted by atomic mass is 10.1.